The summed E-state index contributed by atoms with van der Waals surface area (Å²) in [6.07, 6.45) is -3.45. The Morgan fingerprint density at radius 2 is 2.00 bits per heavy atom. The monoisotopic (exact) mass is 302 g/mol. The van der Waals surface area contributed by atoms with Gasteiger partial charge in [-0.3, -0.25) is 0 Å². The lowest BCUT2D eigenvalue weighted by molar-refractivity contribution is -0.137. The molecule has 1 aromatic carbocycles. The lowest BCUT2D eigenvalue weighted by atomic mass is 10.1. The number of oxazole rings is 1. The van der Waals surface area contributed by atoms with Crippen molar-refractivity contribution in [1.82, 2.24) is 10.3 Å². The third-order valence-electron chi connectivity index (χ3n) is 2.86. The van der Waals surface area contributed by atoms with E-state index in [1.165, 1.54) is 0 Å². The number of aromatic nitrogens is 1. The van der Waals surface area contributed by atoms with Crippen molar-refractivity contribution in [3.05, 3.63) is 41.7 Å². The van der Waals surface area contributed by atoms with Crippen molar-refractivity contribution in [3.63, 3.8) is 0 Å². The molecule has 2 aromatic rings. The fourth-order valence-corrected chi connectivity index (χ4v) is 1.79. The van der Waals surface area contributed by atoms with Crippen LogP contribution < -0.4 is 5.32 Å². The Bertz CT molecular complexity index is 620. The minimum absolute atomic E-state index is 0.00625. The molecule has 0 bridgehead atoms. The second-order valence-electron chi connectivity index (χ2n) is 4.86. The summed E-state index contributed by atoms with van der Waals surface area (Å²) in [4.78, 5) is 3.92. The number of benzene rings is 1. The van der Waals surface area contributed by atoms with E-state index in [1.54, 1.807) is 0 Å². The van der Waals surface area contributed by atoms with Gasteiger partial charge >= 0.3 is 6.18 Å². The highest BCUT2D eigenvalue weighted by atomic mass is 19.4. The number of nitrogens with zero attached hydrogens (tertiary/aromatic N) is 1. The average Bonchev–Trinajstić information content (AvgIpc) is 2.83. The second-order valence-corrected chi connectivity index (χ2v) is 4.86. The highest BCUT2D eigenvalue weighted by Crippen LogP contribution is 2.34. The lowest BCUT2D eigenvalue weighted by Gasteiger charge is -2.10. The minimum atomic E-state index is -4.54. The first-order chi connectivity index (χ1) is 9.79. The Balaban J connectivity index is 2.40. The summed E-state index contributed by atoms with van der Waals surface area (Å²) in [7, 11) is 0. The van der Waals surface area contributed by atoms with Gasteiger partial charge in [-0.15, -0.1) is 0 Å². The Morgan fingerprint density at radius 3 is 2.62 bits per heavy atom. The summed E-state index contributed by atoms with van der Waals surface area (Å²) in [5.74, 6) is -0.780. The van der Waals surface area contributed by atoms with E-state index in [1.807, 2.05) is 13.8 Å². The number of hydrogen-bond acceptors (Lipinski definition) is 3. The number of alkyl halides is 3. The molecular formula is C14H14F4N2O. The molecule has 7 heteroatoms. The molecule has 1 aromatic heterocycles. The zero-order valence-electron chi connectivity index (χ0n) is 11.5. The van der Waals surface area contributed by atoms with E-state index < -0.39 is 17.6 Å². The van der Waals surface area contributed by atoms with Crippen molar-refractivity contribution < 1.29 is 22.0 Å². The van der Waals surface area contributed by atoms with Gasteiger partial charge in [0.1, 0.15) is 11.5 Å². The van der Waals surface area contributed by atoms with Crippen LogP contribution in [-0.2, 0) is 12.7 Å². The molecule has 0 aliphatic carbocycles. The van der Waals surface area contributed by atoms with Gasteiger partial charge in [0, 0.05) is 12.6 Å². The summed E-state index contributed by atoms with van der Waals surface area (Å²) >= 11 is 0. The topological polar surface area (TPSA) is 38.1 Å². The molecule has 3 nitrogen and oxygen atoms in total. The van der Waals surface area contributed by atoms with Crippen LogP contribution in [0.5, 0.6) is 0 Å². The molecule has 114 valence electrons. The number of rotatable bonds is 4. The maximum absolute atomic E-state index is 13.8. The molecule has 0 saturated heterocycles. The summed E-state index contributed by atoms with van der Waals surface area (Å²) in [5.41, 5.74) is -0.817. The Morgan fingerprint density at radius 1 is 1.29 bits per heavy atom. The quantitative estimate of drug-likeness (QED) is 0.868. The van der Waals surface area contributed by atoms with Gasteiger partial charge in [0.05, 0.1) is 11.1 Å². The number of halogens is 4. The van der Waals surface area contributed by atoms with Crippen LogP contribution in [0.3, 0.4) is 0 Å². The van der Waals surface area contributed by atoms with Crippen LogP contribution in [0.1, 0.15) is 25.1 Å². The average molecular weight is 302 g/mol. The summed E-state index contributed by atoms with van der Waals surface area (Å²) in [6.45, 7) is 4.09. The highest BCUT2D eigenvalue weighted by molar-refractivity contribution is 5.61. The summed E-state index contributed by atoms with van der Waals surface area (Å²) in [6, 6.07) is 2.36. The highest BCUT2D eigenvalue weighted by Gasteiger charge is 2.32. The number of hydrogen-bond donors (Lipinski definition) is 1. The zero-order chi connectivity index (χ0) is 15.6. The first kappa shape index (κ1) is 15.5. The molecule has 0 aliphatic heterocycles. The zero-order valence-corrected chi connectivity index (χ0v) is 11.5. The molecule has 2 rings (SSSR count). The van der Waals surface area contributed by atoms with E-state index in [4.69, 9.17) is 4.42 Å². The van der Waals surface area contributed by atoms with Crippen molar-refractivity contribution in [2.45, 2.75) is 32.6 Å². The van der Waals surface area contributed by atoms with Crippen LogP contribution >= 0.6 is 0 Å². The van der Waals surface area contributed by atoms with E-state index in [0.717, 1.165) is 18.5 Å². The van der Waals surface area contributed by atoms with Crippen LogP contribution in [0.25, 0.3) is 11.3 Å². The normalized spacial score (nSPS) is 12.1. The van der Waals surface area contributed by atoms with Gasteiger partial charge in [-0.1, -0.05) is 13.8 Å². The fraction of sp³-hybridized carbons (Fsp3) is 0.357. The minimum Gasteiger partial charge on any atom is -0.443 e. The molecule has 21 heavy (non-hydrogen) atoms. The molecule has 0 radical (unpaired) electrons. The van der Waals surface area contributed by atoms with Gasteiger partial charge < -0.3 is 9.73 Å². The summed E-state index contributed by atoms with van der Waals surface area (Å²) in [5, 5.41) is 3.06. The summed E-state index contributed by atoms with van der Waals surface area (Å²) < 4.78 is 57.0. The molecule has 0 spiro atoms. The van der Waals surface area contributed by atoms with Crippen molar-refractivity contribution in [1.29, 1.82) is 0 Å². The molecule has 0 unspecified atom stereocenters. The van der Waals surface area contributed by atoms with Crippen LogP contribution in [0.2, 0.25) is 0 Å². The maximum atomic E-state index is 13.8. The van der Waals surface area contributed by atoms with Crippen molar-refractivity contribution >= 4 is 0 Å². The van der Waals surface area contributed by atoms with Crippen LogP contribution in [0.4, 0.5) is 17.6 Å². The van der Waals surface area contributed by atoms with Crippen molar-refractivity contribution in [3.8, 4) is 11.3 Å². The lowest BCUT2D eigenvalue weighted by Crippen LogP contribution is -2.22. The molecule has 0 saturated carbocycles. The molecule has 0 aliphatic rings. The molecule has 0 fully saturated rings. The van der Waals surface area contributed by atoms with E-state index in [2.05, 4.69) is 10.3 Å². The molecule has 0 amide bonds. The van der Waals surface area contributed by atoms with E-state index >= 15 is 0 Å². The van der Waals surface area contributed by atoms with Gasteiger partial charge in [0.15, 0.2) is 12.2 Å². The van der Waals surface area contributed by atoms with Gasteiger partial charge in [-0.05, 0) is 18.2 Å². The van der Waals surface area contributed by atoms with Crippen LogP contribution in [0.15, 0.2) is 29.0 Å². The van der Waals surface area contributed by atoms with Crippen LogP contribution in [0, 0.1) is 5.82 Å². The van der Waals surface area contributed by atoms with Crippen molar-refractivity contribution in [2.75, 3.05) is 0 Å². The van der Waals surface area contributed by atoms with E-state index in [9.17, 15) is 17.6 Å². The first-order valence-electron chi connectivity index (χ1n) is 6.32. The molecule has 0 atom stereocenters. The first-order valence-corrected chi connectivity index (χ1v) is 6.32. The third-order valence-corrected chi connectivity index (χ3v) is 2.86. The second kappa shape index (κ2) is 5.85. The molecule has 1 N–H and O–H groups in total. The number of nitrogens with one attached hydrogen (secondary N) is 1. The predicted octanol–water partition coefficient (Wildman–Crippen LogP) is 4.00. The fourth-order valence-electron chi connectivity index (χ4n) is 1.79. The SMILES string of the molecule is CC(C)NCc1ncoc1-c1cc(C(F)(F)F)ccc1F. The van der Waals surface area contributed by atoms with Gasteiger partial charge in [0.25, 0.3) is 0 Å². The Hall–Kier alpha value is -1.89. The van der Waals surface area contributed by atoms with Gasteiger partial charge in [0.2, 0.25) is 0 Å². The van der Waals surface area contributed by atoms with Gasteiger partial charge in [-0.2, -0.15) is 13.2 Å². The molecule has 1 heterocycles. The Kier molecular flexibility index (Phi) is 4.32. The largest absolute Gasteiger partial charge is 0.443 e. The van der Waals surface area contributed by atoms with Crippen LogP contribution in [-0.4, -0.2) is 11.0 Å². The Labute approximate surface area is 119 Å². The van der Waals surface area contributed by atoms with E-state index in [-0.39, 0.29) is 23.9 Å². The smallest absolute Gasteiger partial charge is 0.416 e. The van der Waals surface area contributed by atoms with E-state index in [0.29, 0.717) is 11.8 Å². The third kappa shape index (κ3) is 3.60. The maximum Gasteiger partial charge on any atom is 0.416 e. The van der Waals surface area contributed by atoms with Gasteiger partial charge in [-0.25, -0.2) is 9.37 Å². The standard InChI is InChI=1S/C14H14F4N2O/c1-8(2)19-6-12-13(21-7-20-12)10-5-9(14(16,17)18)3-4-11(10)15/h3-5,7-8,19H,6H2,1-2H3. The molecular weight excluding hydrogens is 288 g/mol. The van der Waals surface area contributed by atoms with Crippen molar-refractivity contribution in [2.24, 2.45) is 0 Å². The predicted molar refractivity (Wildman–Crippen MR) is 68.9 cm³/mol.